The van der Waals surface area contributed by atoms with Gasteiger partial charge in [-0.1, -0.05) is 48.0 Å². The van der Waals surface area contributed by atoms with Gasteiger partial charge in [0.2, 0.25) is 0 Å². The summed E-state index contributed by atoms with van der Waals surface area (Å²) < 4.78 is 1.18. The van der Waals surface area contributed by atoms with Crippen molar-refractivity contribution in [2.75, 3.05) is 13.6 Å². The Labute approximate surface area is 119 Å². The smallest absolute Gasteiger partial charge is 0.0245 e. The number of likely N-dealkylation sites (N-methyl/N-ethyl adjacent to an activating group) is 1. The van der Waals surface area contributed by atoms with Gasteiger partial charge in [0.1, 0.15) is 0 Å². The van der Waals surface area contributed by atoms with Crippen LogP contribution in [0.15, 0.2) is 35.3 Å². The van der Waals surface area contributed by atoms with E-state index in [-0.39, 0.29) is 0 Å². The van der Waals surface area contributed by atoms with Gasteiger partial charge in [-0.15, -0.1) is 6.58 Å². The van der Waals surface area contributed by atoms with Crippen LogP contribution in [-0.4, -0.2) is 24.5 Å². The molecule has 0 bridgehead atoms. The molecule has 0 spiro atoms. The molecule has 0 aliphatic heterocycles. The van der Waals surface area contributed by atoms with Crippen molar-refractivity contribution in [1.82, 2.24) is 10.2 Å². The average molecular weight is 311 g/mol. The Kier molecular flexibility index (Phi) is 6.61. The number of rotatable bonds is 7. The van der Waals surface area contributed by atoms with E-state index in [1.54, 1.807) is 0 Å². The molecule has 3 heteroatoms. The molecule has 1 N–H and O–H groups in total. The predicted octanol–water partition coefficient (Wildman–Crippen LogP) is 3.56. The molecule has 2 nitrogen and oxygen atoms in total. The van der Waals surface area contributed by atoms with Crippen molar-refractivity contribution >= 4 is 15.9 Å². The monoisotopic (exact) mass is 310 g/mol. The van der Waals surface area contributed by atoms with Gasteiger partial charge in [0.15, 0.2) is 0 Å². The molecule has 0 fully saturated rings. The number of halogens is 1. The molecule has 0 saturated heterocycles. The summed E-state index contributed by atoms with van der Waals surface area (Å²) in [6, 6.07) is 7.10. The van der Waals surface area contributed by atoms with Gasteiger partial charge in [0.25, 0.3) is 0 Å². The van der Waals surface area contributed by atoms with Crippen molar-refractivity contribution in [3.63, 3.8) is 0 Å². The maximum Gasteiger partial charge on any atom is 0.0245 e. The molecule has 1 aromatic carbocycles. The summed E-state index contributed by atoms with van der Waals surface area (Å²) in [5.41, 5.74) is 2.62. The van der Waals surface area contributed by atoms with E-state index in [0.29, 0.717) is 6.04 Å². The third kappa shape index (κ3) is 5.34. The molecular formula is C15H23BrN2. The minimum Gasteiger partial charge on any atom is -0.310 e. The molecule has 0 radical (unpaired) electrons. The van der Waals surface area contributed by atoms with E-state index in [9.17, 15) is 0 Å². The topological polar surface area (TPSA) is 15.3 Å². The molecule has 0 aliphatic carbocycles. The highest BCUT2D eigenvalue weighted by molar-refractivity contribution is 9.10. The van der Waals surface area contributed by atoms with Crippen molar-refractivity contribution in [3.8, 4) is 0 Å². The Morgan fingerprint density at radius 2 is 2.17 bits per heavy atom. The molecule has 0 heterocycles. The van der Waals surface area contributed by atoms with Crippen molar-refractivity contribution in [2.45, 2.75) is 33.0 Å². The Bertz CT molecular complexity index is 388. The normalized spacial score (nSPS) is 11.2. The summed E-state index contributed by atoms with van der Waals surface area (Å²) in [5, 5.41) is 3.43. The SMILES string of the molecule is C=CCN(C)Cc1ccc(CNC(C)C)cc1Br. The van der Waals surface area contributed by atoms with Gasteiger partial charge in [-0.05, 0) is 24.2 Å². The van der Waals surface area contributed by atoms with Crippen LogP contribution in [0.1, 0.15) is 25.0 Å². The van der Waals surface area contributed by atoms with Crippen LogP contribution in [0, 0.1) is 0 Å². The Morgan fingerprint density at radius 3 is 2.72 bits per heavy atom. The fourth-order valence-corrected chi connectivity index (χ4v) is 2.28. The van der Waals surface area contributed by atoms with E-state index < -0.39 is 0 Å². The fraction of sp³-hybridized carbons (Fsp3) is 0.467. The summed E-state index contributed by atoms with van der Waals surface area (Å²) in [5.74, 6) is 0. The number of benzene rings is 1. The Morgan fingerprint density at radius 1 is 1.44 bits per heavy atom. The minimum atomic E-state index is 0.516. The molecule has 0 amide bonds. The van der Waals surface area contributed by atoms with Gasteiger partial charge in [0.05, 0.1) is 0 Å². The summed E-state index contributed by atoms with van der Waals surface area (Å²) in [7, 11) is 2.10. The molecule has 0 aliphatic rings. The number of nitrogens with zero attached hydrogens (tertiary/aromatic N) is 1. The molecule has 0 saturated carbocycles. The Balaban J connectivity index is 2.64. The van der Waals surface area contributed by atoms with E-state index >= 15 is 0 Å². The standard InChI is InChI=1S/C15H23BrN2/c1-5-8-18(4)11-14-7-6-13(9-15(14)16)10-17-12(2)3/h5-7,9,12,17H,1,8,10-11H2,2-4H3. The van der Waals surface area contributed by atoms with E-state index in [2.05, 4.69) is 71.8 Å². The lowest BCUT2D eigenvalue weighted by Crippen LogP contribution is -2.22. The van der Waals surface area contributed by atoms with Crippen LogP contribution >= 0.6 is 15.9 Å². The van der Waals surface area contributed by atoms with Gasteiger partial charge in [-0.25, -0.2) is 0 Å². The zero-order chi connectivity index (χ0) is 13.5. The van der Waals surface area contributed by atoms with Crippen LogP contribution < -0.4 is 5.32 Å². The van der Waals surface area contributed by atoms with Gasteiger partial charge in [-0.3, -0.25) is 4.90 Å². The second-order valence-electron chi connectivity index (χ2n) is 4.95. The van der Waals surface area contributed by atoms with Crippen molar-refractivity contribution in [1.29, 1.82) is 0 Å². The largest absolute Gasteiger partial charge is 0.310 e. The summed E-state index contributed by atoms with van der Waals surface area (Å²) in [6.45, 7) is 10.8. The van der Waals surface area contributed by atoms with Gasteiger partial charge in [-0.2, -0.15) is 0 Å². The average Bonchev–Trinajstić information content (AvgIpc) is 2.30. The van der Waals surface area contributed by atoms with Gasteiger partial charge < -0.3 is 5.32 Å². The second kappa shape index (κ2) is 7.72. The summed E-state index contributed by atoms with van der Waals surface area (Å²) >= 11 is 3.65. The number of hydrogen-bond donors (Lipinski definition) is 1. The van der Waals surface area contributed by atoms with Crippen LogP contribution in [0.5, 0.6) is 0 Å². The molecule has 1 aromatic rings. The lowest BCUT2D eigenvalue weighted by Gasteiger charge is -2.16. The first kappa shape index (κ1) is 15.4. The van der Waals surface area contributed by atoms with E-state index in [0.717, 1.165) is 19.6 Å². The van der Waals surface area contributed by atoms with E-state index in [1.807, 2.05) is 6.08 Å². The molecule has 18 heavy (non-hydrogen) atoms. The van der Waals surface area contributed by atoms with Crippen molar-refractivity contribution < 1.29 is 0 Å². The molecule has 0 atom stereocenters. The van der Waals surface area contributed by atoms with Gasteiger partial charge in [0, 0.05) is 30.1 Å². The summed E-state index contributed by atoms with van der Waals surface area (Å²) in [4.78, 5) is 2.24. The van der Waals surface area contributed by atoms with Crippen molar-refractivity contribution in [3.05, 3.63) is 46.5 Å². The molecule has 1 rings (SSSR count). The third-order valence-corrected chi connectivity index (χ3v) is 3.45. The third-order valence-electron chi connectivity index (χ3n) is 2.71. The lowest BCUT2D eigenvalue weighted by molar-refractivity contribution is 0.363. The second-order valence-corrected chi connectivity index (χ2v) is 5.80. The van der Waals surface area contributed by atoms with Crippen LogP contribution in [0.4, 0.5) is 0 Å². The first-order valence-electron chi connectivity index (χ1n) is 6.33. The maximum atomic E-state index is 3.76. The van der Waals surface area contributed by atoms with Crippen LogP contribution in [0.3, 0.4) is 0 Å². The fourth-order valence-electron chi connectivity index (χ4n) is 1.73. The predicted molar refractivity (Wildman–Crippen MR) is 82.6 cm³/mol. The maximum absolute atomic E-state index is 3.76. The van der Waals surface area contributed by atoms with Crippen LogP contribution in [0.25, 0.3) is 0 Å². The van der Waals surface area contributed by atoms with Gasteiger partial charge >= 0.3 is 0 Å². The molecule has 0 unspecified atom stereocenters. The Hall–Kier alpha value is -0.640. The van der Waals surface area contributed by atoms with Crippen LogP contribution in [-0.2, 0) is 13.1 Å². The lowest BCUT2D eigenvalue weighted by atomic mass is 10.1. The first-order chi connectivity index (χ1) is 8.52. The van der Waals surface area contributed by atoms with Crippen molar-refractivity contribution in [2.24, 2.45) is 0 Å². The van der Waals surface area contributed by atoms with E-state index in [1.165, 1.54) is 15.6 Å². The highest BCUT2D eigenvalue weighted by atomic mass is 79.9. The highest BCUT2D eigenvalue weighted by Gasteiger charge is 2.04. The number of hydrogen-bond acceptors (Lipinski definition) is 2. The quantitative estimate of drug-likeness (QED) is 0.775. The summed E-state index contributed by atoms with van der Waals surface area (Å²) in [6.07, 6.45) is 1.93. The minimum absolute atomic E-state index is 0.516. The van der Waals surface area contributed by atoms with Crippen LogP contribution in [0.2, 0.25) is 0 Å². The first-order valence-corrected chi connectivity index (χ1v) is 7.12. The van der Waals surface area contributed by atoms with E-state index in [4.69, 9.17) is 0 Å². The zero-order valence-corrected chi connectivity index (χ0v) is 13.1. The molecule has 100 valence electrons. The molecular weight excluding hydrogens is 288 g/mol. The number of nitrogens with one attached hydrogen (secondary N) is 1. The highest BCUT2D eigenvalue weighted by Crippen LogP contribution is 2.20. The zero-order valence-electron chi connectivity index (χ0n) is 11.5. The molecule has 0 aromatic heterocycles.